The fraction of sp³-hybridized carbons (Fsp3) is 0.247. The molecule has 2 heterocycles. The van der Waals surface area contributed by atoms with Gasteiger partial charge in [0.25, 0.3) is 0 Å². The average molecular weight is 1050 g/mol. The number of fused-ring (bicyclic) bond motifs is 7. The maximum atomic E-state index is 17.9. The Bertz CT molecular complexity index is 4670. The lowest BCUT2D eigenvalue weighted by molar-refractivity contribution is 0.417. The fourth-order valence-electron chi connectivity index (χ4n) is 12.9. The molecule has 0 spiro atoms. The maximum absolute atomic E-state index is 17.9. The Morgan fingerprint density at radius 1 is 0.438 bits per heavy atom. The minimum atomic E-state index is -3.01. The summed E-state index contributed by atoms with van der Waals surface area (Å²) in [5, 5.41) is 13.0. The molecule has 3 aliphatic rings. The first-order valence-corrected chi connectivity index (χ1v) is 28.1. The predicted molar refractivity (Wildman–Crippen MR) is 333 cm³/mol. The normalized spacial score (nSPS) is 13.4. The van der Waals surface area contributed by atoms with E-state index in [4.69, 9.17) is 14.5 Å². The Morgan fingerprint density at radius 3 is 1.35 bits per heavy atom. The highest BCUT2D eigenvalue weighted by Crippen LogP contribution is 2.59. The zero-order valence-corrected chi connectivity index (χ0v) is 48.5. The van der Waals surface area contributed by atoms with Crippen LogP contribution in [0, 0.1) is 10.4 Å². The van der Waals surface area contributed by atoms with Crippen molar-refractivity contribution in [2.45, 2.75) is 105 Å². The Hall–Kier alpha value is -8.03. The SMILES string of the molecule is COc1cc2ccccc2cc1-c1n/c(=C(/c2ccccc2)c2c3c(c(-c4cc5ccccc5cc4OC)n2B(F)F)-c2cc(C(C)(C)C)cc4cc(C(C)(C)C)cc-3c24)c2c3cc(C(C)(C)C)cc4cc(C(C)(C)C)cc(c1=2)c43. The molecule has 0 radical (unpaired) electrons. The number of rotatable bonds is 7. The van der Waals surface area contributed by atoms with Gasteiger partial charge in [-0.05, 0) is 163 Å². The van der Waals surface area contributed by atoms with Crippen LogP contribution in [0.4, 0.5) is 8.63 Å². The van der Waals surface area contributed by atoms with Gasteiger partial charge in [-0.2, -0.15) is 0 Å². The minimum Gasteiger partial charge on any atom is -0.496 e. The van der Waals surface area contributed by atoms with Gasteiger partial charge < -0.3 is 14.0 Å². The van der Waals surface area contributed by atoms with Gasteiger partial charge in [-0.25, -0.2) is 4.98 Å². The molecule has 9 aromatic carbocycles. The van der Waals surface area contributed by atoms with E-state index < -0.39 is 7.40 Å². The van der Waals surface area contributed by atoms with Crippen LogP contribution >= 0.6 is 0 Å². The zero-order valence-electron chi connectivity index (χ0n) is 48.5. The number of benzene rings is 9. The summed E-state index contributed by atoms with van der Waals surface area (Å²) in [5.41, 5.74) is 11.4. The number of ether oxygens (including phenoxy) is 2. The highest BCUT2D eigenvalue weighted by Gasteiger charge is 2.41. The second-order valence-corrected chi connectivity index (χ2v) is 26.5. The Balaban J connectivity index is 1.35. The fourth-order valence-corrected chi connectivity index (χ4v) is 12.9. The second kappa shape index (κ2) is 17.7. The number of halogens is 2. The van der Waals surface area contributed by atoms with Crippen LogP contribution in [0.3, 0.4) is 0 Å². The van der Waals surface area contributed by atoms with Crippen molar-refractivity contribution in [3.63, 3.8) is 0 Å². The van der Waals surface area contributed by atoms with Crippen LogP contribution in [-0.4, -0.2) is 31.1 Å². The van der Waals surface area contributed by atoms with E-state index in [1.165, 1.54) is 15.6 Å². The number of hydrogen-bond donors (Lipinski definition) is 0. The van der Waals surface area contributed by atoms with E-state index in [0.717, 1.165) is 115 Å². The van der Waals surface area contributed by atoms with Crippen molar-refractivity contribution in [2.24, 2.45) is 0 Å². The van der Waals surface area contributed by atoms with Crippen LogP contribution in [0.1, 0.15) is 117 Å². The molecule has 0 amide bonds. The van der Waals surface area contributed by atoms with E-state index in [2.05, 4.69) is 174 Å². The molecule has 0 unspecified atom stereocenters. The molecular weight excluding hydrogens is 986 g/mol. The third-order valence-corrected chi connectivity index (χ3v) is 17.2. The molecule has 2 aliphatic carbocycles. The van der Waals surface area contributed by atoms with Gasteiger partial charge in [-0.1, -0.05) is 186 Å². The van der Waals surface area contributed by atoms with Gasteiger partial charge in [-0.3, -0.25) is 8.63 Å². The summed E-state index contributed by atoms with van der Waals surface area (Å²) in [5.74, 6) is 1.19. The van der Waals surface area contributed by atoms with Crippen LogP contribution in [0.2, 0.25) is 0 Å². The molecule has 80 heavy (non-hydrogen) atoms. The Labute approximate surface area is 468 Å². The lowest BCUT2D eigenvalue weighted by Crippen LogP contribution is -2.22. The van der Waals surface area contributed by atoms with E-state index in [-0.39, 0.29) is 21.7 Å². The van der Waals surface area contributed by atoms with Crippen molar-refractivity contribution >= 4 is 66.8 Å². The van der Waals surface area contributed by atoms with Gasteiger partial charge in [-0.15, -0.1) is 0 Å². The van der Waals surface area contributed by atoms with Crippen LogP contribution in [0.5, 0.6) is 11.5 Å². The van der Waals surface area contributed by atoms with Crippen LogP contribution in [0.25, 0.3) is 104 Å². The molecule has 0 saturated carbocycles. The van der Waals surface area contributed by atoms with Crippen molar-refractivity contribution in [3.05, 3.63) is 201 Å². The molecule has 0 bridgehead atoms. The standard InChI is InChI=1S/C73H67BF2N2O2/c1-70(2,3)47-28-45-29-48(71(4,5)6)37-54-59(45)53(36-47)62-63(54)67(77-66(62)51-32-41-24-18-20-26-43(41)34-57(51)79-13)61(40-22-16-15-17-23-40)69-65-56-39-50(73(10,11)12)31-46-30-49(72(7,8)9)38-55(60(46)56)64(65)68(78(69)74(75)76)52-33-42-25-19-21-27-44(42)35-58(52)80-14/h15-39H,1-14H3/b67-61-. The Morgan fingerprint density at radius 2 is 0.863 bits per heavy atom. The maximum Gasteiger partial charge on any atom is 0.678 e. The van der Waals surface area contributed by atoms with Gasteiger partial charge in [0.05, 0.1) is 36.7 Å². The number of aromatic nitrogens is 2. The average Bonchev–Trinajstić information content (AvgIpc) is 3.58. The topological polar surface area (TPSA) is 36.3 Å². The zero-order chi connectivity index (χ0) is 56.3. The second-order valence-electron chi connectivity index (χ2n) is 26.5. The number of nitrogens with zero attached hydrogens (tertiary/aromatic N) is 2. The quantitative estimate of drug-likeness (QED) is 0.149. The van der Waals surface area contributed by atoms with Gasteiger partial charge in [0.2, 0.25) is 0 Å². The summed E-state index contributed by atoms with van der Waals surface area (Å²) in [7, 11) is 0.351. The van der Waals surface area contributed by atoms with Crippen molar-refractivity contribution in [2.75, 3.05) is 14.2 Å². The van der Waals surface area contributed by atoms with Gasteiger partial charge in [0, 0.05) is 38.3 Å². The van der Waals surface area contributed by atoms with E-state index >= 15 is 8.63 Å². The van der Waals surface area contributed by atoms with Crippen LogP contribution < -0.4 is 14.8 Å². The first-order chi connectivity index (χ1) is 37.9. The lowest BCUT2D eigenvalue weighted by atomic mass is 9.81. The molecule has 1 aliphatic heterocycles. The summed E-state index contributed by atoms with van der Waals surface area (Å²) >= 11 is 0. The van der Waals surface area contributed by atoms with Gasteiger partial charge in [0.15, 0.2) is 0 Å². The van der Waals surface area contributed by atoms with Crippen molar-refractivity contribution < 1.29 is 18.1 Å². The third kappa shape index (κ3) is 7.85. The predicted octanol–water partition coefficient (Wildman–Crippen LogP) is 18.7. The Kier molecular flexibility index (Phi) is 11.4. The van der Waals surface area contributed by atoms with Gasteiger partial charge in [0.1, 0.15) is 11.5 Å². The van der Waals surface area contributed by atoms with E-state index in [1.54, 1.807) is 14.2 Å². The molecular formula is C73H67BF2N2O2. The van der Waals surface area contributed by atoms with Crippen molar-refractivity contribution in [3.8, 4) is 56.3 Å². The summed E-state index contributed by atoms with van der Waals surface area (Å²) in [6.45, 7) is 27.0. The molecule has 398 valence electrons. The minimum absolute atomic E-state index is 0.204. The molecule has 0 atom stereocenters. The number of methoxy groups -OCH3 is 2. The number of hydrogen-bond acceptors (Lipinski definition) is 3. The third-order valence-electron chi connectivity index (χ3n) is 17.2. The summed E-state index contributed by atoms with van der Waals surface area (Å²) in [4.78, 5) is 6.02. The molecule has 7 heteroatoms. The summed E-state index contributed by atoms with van der Waals surface area (Å²) < 4.78 is 49.8. The van der Waals surface area contributed by atoms with Crippen molar-refractivity contribution in [1.82, 2.24) is 9.46 Å². The van der Waals surface area contributed by atoms with E-state index in [9.17, 15) is 0 Å². The van der Waals surface area contributed by atoms with Crippen molar-refractivity contribution in [1.29, 1.82) is 0 Å². The monoisotopic (exact) mass is 1050 g/mol. The first-order valence-electron chi connectivity index (χ1n) is 28.1. The van der Waals surface area contributed by atoms with Crippen LogP contribution in [0.15, 0.2) is 152 Å². The lowest BCUT2D eigenvalue weighted by Gasteiger charge is -2.24. The summed E-state index contributed by atoms with van der Waals surface area (Å²) in [6.07, 6.45) is 0. The largest absolute Gasteiger partial charge is 0.678 e. The summed E-state index contributed by atoms with van der Waals surface area (Å²) in [6, 6.07) is 53.6. The molecule has 0 saturated heterocycles. The molecule has 10 aromatic rings. The highest BCUT2D eigenvalue weighted by molar-refractivity contribution is 6.44. The molecule has 13 rings (SSSR count). The highest BCUT2D eigenvalue weighted by atomic mass is 19.2. The van der Waals surface area contributed by atoms with Crippen LogP contribution in [-0.2, 0) is 21.7 Å². The van der Waals surface area contributed by atoms with E-state index in [0.29, 0.717) is 39.4 Å². The van der Waals surface area contributed by atoms with E-state index in [1.807, 2.05) is 60.7 Å². The first kappa shape index (κ1) is 51.4. The molecule has 0 N–H and O–H groups in total. The molecule has 4 nitrogen and oxygen atoms in total. The van der Waals surface area contributed by atoms with Gasteiger partial charge >= 0.3 is 7.40 Å². The smallest absolute Gasteiger partial charge is 0.496 e. The molecule has 0 fully saturated rings. The molecule has 1 aromatic heterocycles.